The van der Waals surface area contributed by atoms with Crippen molar-refractivity contribution in [3.63, 3.8) is 0 Å². The van der Waals surface area contributed by atoms with Crippen LogP contribution in [-0.2, 0) is 6.54 Å². The van der Waals surface area contributed by atoms with E-state index >= 15 is 0 Å². The zero-order valence-corrected chi connectivity index (χ0v) is 18.7. The third kappa shape index (κ3) is 6.49. The van der Waals surface area contributed by atoms with Crippen LogP contribution < -0.4 is 10.6 Å². The van der Waals surface area contributed by atoms with Crippen molar-refractivity contribution in [1.29, 1.82) is 0 Å². The van der Waals surface area contributed by atoms with Crippen LogP contribution in [0.3, 0.4) is 0 Å². The first-order valence-electron chi connectivity index (χ1n) is 9.36. The molecule has 0 spiro atoms. The SMILES string of the molecule is CCNC(=NCc1coc(-c2ccc(C)cc2)n1)NCC1CCN(C)C1.I. The van der Waals surface area contributed by atoms with Crippen LogP contribution in [-0.4, -0.2) is 49.1 Å². The summed E-state index contributed by atoms with van der Waals surface area (Å²) in [5.41, 5.74) is 3.04. The number of oxazole rings is 1. The lowest BCUT2D eigenvalue weighted by molar-refractivity contribution is 0.394. The van der Waals surface area contributed by atoms with E-state index in [1.54, 1.807) is 6.26 Å². The molecule has 0 aliphatic carbocycles. The third-order valence-corrected chi connectivity index (χ3v) is 4.64. The monoisotopic (exact) mass is 483 g/mol. The number of aromatic nitrogens is 1. The van der Waals surface area contributed by atoms with E-state index in [2.05, 4.69) is 58.5 Å². The van der Waals surface area contributed by atoms with Crippen molar-refractivity contribution in [3.05, 3.63) is 41.8 Å². The van der Waals surface area contributed by atoms with Crippen molar-refractivity contribution in [1.82, 2.24) is 20.5 Å². The first kappa shape index (κ1) is 21.7. The first-order chi connectivity index (χ1) is 12.6. The molecule has 0 amide bonds. The number of aliphatic imine (C=N–C) groups is 1. The van der Waals surface area contributed by atoms with E-state index in [4.69, 9.17) is 4.42 Å². The molecule has 1 aromatic heterocycles. The van der Waals surface area contributed by atoms with Crippen LogP contribution in [0.25, 0.3) is 11.5 Å². The summed E-state index contributed by atoms with van der Waals surface area (Å²) in [4.78, 5) is 11.6. The minimum atomic E-state index is 0. The smallest absolute Gasteiger partial charge is 0.226 e. The van der Waals surface area contributed by atoms with Gasteiger partial charge in [0.15, 0.2) is 5.96 Å². The molecule has 1 fully saturated rings. The van der Waals surface area contributed by atoms with Gasteiger partial charge < -0.3 is 20.0 Å². The Labute approximate surface area is 178 Å². The molecule has 1 unspecified atom stereocenters. The lowest BCUT2D eigenvalue weighted by Crippen LogP contribution is -2.40. The summed E-state index contributed by atoms with van der Waals surface area (Å²) in [7, 11) is 2.18. The highest BCUT2D eigenvalue weighted by Crippen LogP contribution is 2.19. The number of halogens is 1. The quantitative estimate of drug-likeness (QED) is 0.375. The number of benzene rings is 1. The minimum absolute atomic E-state index is 0. The zero-order valence-electron chi connectivity index (χ0n) is 16.4. The van der Waals surface area contributed by atoms with Gasteiger partial charge >= 0.3 is 0 Å². The van der Waals surface area contributed by atoms with Gasteiger partial charge in [-0.15, -0.1) is 24.0 Å². The summed E-state index contributed by atoms with van der Waals surface area (Å²) in [6.07, 6.45) is 2.93. The van der Waals surface area contributed by atoms with E-state index in [1.165, 1.54) is 18.5 Å². The van der Waals surface area contributed by atoms with E-state index < -0.39 is 0 Å². The molecule has 0 bridgehead atoms. The summed E-state index contributed by atoms with van der Waals surface area (Å²) in [5, 5.41) is 6.75. The van der Waals surface area contributed by atoms with Crippen molar-refractivity contribution in [2.45, 2.75) is 26.8 Å². The molecule has 148 valence electrons. The number of hydrogen-bond donors (Lipinski definition) is 2. The van der Waals surface area contributed by atoms with Gasteiger partial charge in [-0.3, -0.25) is 0 Å². The molecule has 1 aromatic carbocycles. The van der Waals surface area contributed by atoms with Gasteiger partial charge in [0.1, 0.15) is 12.0 Å². The van der Waals surface area contributed by atoms with E-state index in [9.17, 15) is 0 Å². The van der Waals surface area contributed by atoms with Gasteiger partial charge in [0, 0.05) is 25.2 Å². The van der Waals surface area contributed by atoms with Crippen LogP contribution in [0, 0.1) is 12.8 Å². The highest BCUT2D eigenvalue weighted by Gasteiger charge is 2.19. The normalized spacial score (nSPS) is 17.6. The van der Waals surface area contributed by atoms with Crippen molar-refractivity contribution in [2.75, 3.05) is 33.2 Å². The Morgan fingerprint density at radius 1 is 1.30 bits per heavy atom. The van der Waals surface area contributed by atoms with Crippen LogP contribution in [0.5, 0.6) is 0 Å². The number of nitrogens with one attached hydrogen (secondary N) is 2. The molecule has 6 nitrogen and oxygen atoms in total. The second kappa shape index (κ2) is 10.7. The van der Waals surface area contributed by atoms with Gasteiger partial charge in [-0.05, 0) is 51.9 Å². The van der Waals surface area contributed by atoms with Crippen molar-refractivity contribution in [2.24, 2.45) is 10.9 Å². The number of nitrogens with zero attached hydrogens (tertiary/aromatic N) is 3. The summed E-state index contributed by atoms with van der Waals surface area (Å²) >= 11 is 0. The van der Waals surface area contributed by atoms with Crippen molar-refractivity contribution in [3.8, 4) is 11.5 Å². The maximum atomic E-state index is 5.61. The molecule has 3 rings (SSSR count). The Kier molecular flexibility index (Phi) is 8.56. The molecule has 0 radical (unpaired) electrons. The molecule has 27 heavy (non-hydrogen) atoms. The van der Waals surface area contributed by atoms with Crippen molar-refractivity contribution >= 4 is 29.9 Å². The Morgan fingerprint density at radius 2 is 2.07 bits per heavy atom. The molecular formula is C20H30IN5O. The Hall–Kier alpha value is -1.61. The number of guanidine groups is 1. The second-order valence-corrected chi connectivity index (χ2v) is 7.00. The van der Waals surface area contributed by atoms with Crippen LogP contribution >= 0.6 is 24.0 Å². The lowest BCUT2D eigenvalue weighted by atomic mass is 10.1. The van der Waals surface area contributed by atoms with Crippen LogP contribution in [0.1, 0.15) is 24.6 Å². The van der Waals surface area contributed by atoms with Gasteiger partial charge in [-0.1, -0.05) is 17.7 Å². The van der Waals surface area contributed by atoms with E-state index in [0.717, 1.165) is 36.9 Å². The van der Waals surface area contributed by atoms with Gasteiger partial charge in [0.25, 0.3) is 0 Å². The highest BCUT2D eigenvalue weighted by molar-refractivity contribution is 14.0. The molecule has 7 heteroatoms. The minimum Gasteiger partial charge on any atom is -0.444 e. The molecule has 0 saturated carbocycles. The Morgan fingerprint density at radius 3 is 2.74 bits per heavy atom. The fraction of sp³-hybridized carbons (Fsp3) is 0.500. The van der Waals surface area contributed by atoms with Crippen LogP contribution in [0.4, 0.5) is 0 Å². The number of aryl methyl sites for hydroxylation is 1. The van der Waals surface area contributed by atoms with Gasteiger partial charge in [-0.2, -0.15) is 0 Å². The summed E-state index contributed by atoms with van der Waals surface area (Å²) in [6, 6.07) is 8.17. The number of rotatable bonds is 6. The molecule has 1 aliphatic rings. The van der Waals surface area contributed by atoms with Gasteiger partial charge in [0.05, 0.1) is 6.54 Å². The van der Waals surface area contributed by atoms with Crippen molar-refractivity contribution < 1.29 is 4.42 Å². The van der Waals surface area contributed by atoms with Gasteiger partial charge in [-0.25, -0.2) is 9.98 Å². The molecule has 1 saturated heterocycles. The standard InChI is InChI=1S/C20H29N5O.HI/c1-4-21-20(22-11-16-9-10-25(3)13-16)23-12-18-14-26-19(24-18)17-7-5-15(2)6-8-17;/h5-8,14,16H,4,9-13H2,1-3H3,(H2,21,22,23);1H. The maximum Gasteiger partial charge on any atom is 0.226 e. The number of likely N-dealkylation sites (tertiary alicyclic amines) is 1. The average molecular weight is 483 g/mol. The Balaban J connectivity index is 0.00000261. The van der Waals surface area contributed by atoms with E-state index in [-0.39, 0.29) is 24.0 Å². The zero-order chi connectivity index (χ0) is 18.4. The molecule has 2 aromatic rings. The highest BCUT2D eigenvalue weighted by atomic mass is 127. The molecule has 2 heterocycles. The average Bonchev–Trinajstić information content (AvgIpc) is 3.27. The van der Waals surface area contributed by atoms with Crippen LogP contribution in [0.15, 0.2) is 39.9 Å². The summed E-state index contributed by atoms with van der Waals surface area (Å²) < 4.78 is 5.61. The topological polar surface area (TPSA) is 65.7 Å². The van der Waals surface area contributed by atoms with Gasteiger partial charge in [0.2, 0.25) is 5.89 Å². The molecule has 1 aliphatic heterocycles. The van der Waals surface area contributed by atoms with Crippen LogP contribution in [0.2, 0.25) is 0 Å². The third-order valence-electron chi connectivity index (χ3n) is 4.64. The lowest BCUT2D eigenvalue weighted by Gasteiger charge is -2.15. The predicted octanol–water partition coefficient (Wildman–Crippen LogP) is 3.27. The fourth-order valence-electron chi connectivity index (χ4n) is 3.14. The number of hydrogen-bond acceptors (Lipinski definition) is 4. The molecular weight excluding hydrogens is 453 g/mol. The van der Waals surface area contributed by atoms with E-state index in [1.807, 2.05) is 12.1 Å². The first-order valence-corrected chi connectivity index (χ1v) is 9.36. The summed E-state index contributed by atoms with van der Waals surface area (Å²) in [6.45, 7) is 8.75. The Bertz CT molecular complexity index is 728. The largest absolute Gasteiger partial charge is 0.444 e. The predicted molar refractivity (Wildman–Crippen MR) is 121 cm³/mol. The molecule has 1 atom stereocenters. The fourth-order valence-corrected chi connectivity index (χ4v) is 3.14. The summed E-state index contributed by atoms with van der Waals surface area (Å²) in [5.74, 6) is 2.16. The molecule has 2 N–H and O–H groups in total. The van der Waals surface area contributed by atoms with E-state index in [0.29, 0.717) is 18.4 Å². The maximum absolute atomic E-state index is 5.61. The second-order valence-electron chi connectivity index (χ2n) is 7.00.